The third-order valence-electron chi connectivity index (χ3n) is 7.10. The van der Waals surface area contributed by atoms with Crippen molar-refractivity contribution in [3.63, 3.8) is 0 Å². The van der Waals surface area contributed by atoms with Crippen molar-refractivity contribution in [1.82, 2.24) is 15.2 Å². The maximum absolute atomic E-state index is 13.0. The lowest BCUT2D eigenvalue weighted by Gasteiger charge is -2.26. The zero-order chi connectivity index (χ0) is 28.4. The fourth-order valence-electron chi connectivity index (χ4n) is 4.99. The summed E-state index contributed by atoms with van der Waals surface area (Å²) in [5, 5.41) is 16.2. The SMILES string of the molecule is Cc1ccc(C)c(NC(=O)CCN2C(=S)N[C@H](c3ccccn3)[C@@H]2c2ccc(-c3ccc(C(=O)O)cc3C)o2)c1. The van der Waals surface area contributed by atoms with Gasteiger partial charge in [-0.2, -0.15) is 0 Å². The number of carboxylic acid groups (broad SMARTS) is 1. The quantitative estimate of drug-likeness (QED) is 0.229. The van der Waals surface area contributed by atoms with Crippen LogP contribution in [0.1, 0.15) is 57.0 Å². The number of aromatic carboxylic acids is 1. The first-order valence-corrected chi connectivity index (χ1v) is 13.4. The number of pyridine rings is 1. The van der Waals surface area contributed by atoms with Crippen LogP contribution in [0.15, 0.2) is 77.3 Å². The fourth-order valence-corrected chi connectivity index (χ4v) is 5.32. The molecule has 0 radical (unpaired) electrons. The van der Waals surface area contributed by atoms with Gasteiger partial charge in [0.2, 0.25) is 5.91 Å². The Morgan fingerprint density at radius 2 is 1.88 bits per heavy atom. The number of benzene rings is 2. The topological polar surface area (TPSA) is 108 Å². The minimum Gasteiger partial charge on any atom is -0.478 e. The van der Waals surface area contributed by atoms with Crippen molar-refractivity contribution in [2.24, 2.45) is 0 Å². The van der Waals surface area contributed by atoms with E-state index in [1.165, 1.54) is 0 Å². The molecular formula is C31H30N4O4S. The molecule has 204 valence electrons. The number of amides is 1. The number of aromatic nitrogens is 1. The highest BCUT2D eigenvalue weighted by atomic mass is 32.1. The number of nitrogens with zero attached hydrogens (tertiary/aromatic N) is 2. The molecular weight excluding hydrogens is 524 g/mol. The molecule has 0 bridgehead atoms. The Balaban J connectivity index is 1.41. The number of thiocarbonyl (C=S) groups is 1. The lowest BCUT2D eigenvalue weighted by molar-refractivity contribution is -0.116. The summed E-state index contributed by atoms with van der Waals surface area (Å²) in [6, 6.07) is 19.8. The van der Waals surface area contributed by atoms with E-state index >= 15 is 0 Å². The molecule has 0 spiro atoms. The van der Waals surface area contributed by atoms with Crippen molar-refractivity contribution in [3.05, 3.63) is 107 Å². The highest BCUT2D eigenvalue weighted by Gasteiger charge is 2.41. The predicted octanol–water partition coefficient (Wildman–Crippen LogP) is 5.97. The van der Waals surface area contributed by atoms with Gasteiger partial charge in [0.1, 0.15) is 17.6 Å². The van der Waals surface area contributed by atoms with E-state index in [2.05, 4.69) is 15.6 Å². The van der Waals surface area contributed by atoms with E-state index in [1.54, 1.807) is 24.4 Å². The Morgan fingerprint density at radius 3 is 2.60 bits per heavy atom. The van der Waals surface area contributed by atoms with Crippen LogP contribution in [0, 0.1) is 20.8 Å². The van der Waals surface area contributed by atoms with Gasteiger partial charge in [0.25, 0.3) is 0 Å². The average Bonchev–Trinajstić information content (AvgIpc) is 3.54. The zero-order valence-corrected chi connectivity index (χ0v) is 23.3. The molecule has 1 fully saturated rings. The fraction of sp³-hybridized carbons (Fsp3) is 0.226. The Morgan fingerprint density at radius 1 is 1.05 bits per heavy atom. The van der Waals surface area contributed by atoms with Gasteiger partial charge in [-0.1, -0.05) is 24.3 Å². The van der Waals surface area contributed by atoms with E-state index in [0.29, 0.717) is 23.2 Å². The second-order valence-corrected chi connectivity index (χ2v) is 10.4. The van der Waals surface area contributed by atoms with Crippen LogP contribution in [0.5, 0.6) is 0 Å². The highest BCUT2D eigenvalue weighted by molar-refractivity contribution is 7.80. The van der Waals surface area contributed by atoms with Gasteiger partial charge in [0, 0.05) is 30.4 Å². The van der Waals surface area contributed by atoms with Gasteiger partial charge in [-0.3, -0.25) is 9.78 Å². The van der Waals surface area contributed by atoms with Gasteiger partial charge in [0.15, 0.2) is 5.11 Å². The number of rotatable bonds is 8. The summed E-state index contributed by atoms with van der Waals surface area (Å²) in [5.41, 5.74) is 5.50. The standard InChI is InChI=1S/C31H30N4O4S/c1-18-7-8-19(2)24(16-18)33-27(36)13-15-35-29(28(34-31(35)40)23-6-4-5-14-32-23)26-12-11-25(39-26)22-10-9-21(30(37)38)17-20(22)3/h4-12,14,16-17,28-29H,13,15H2,1-3H3,(H,33,36)(H,34,40)(H,37,38)/t28-,29+/m1/s1. The minimum absolute atomic E-state index is 0.106. The van der Waals surface area contributed by atoms with E-state index < -0.39 is 5.97 Å². The molecule has 1 aliphatic heterocycles. The van der Waals surface area contributed by atoms with E-state index in [9.17, 15) is 14.7 Å². The molecule has 40 heavy (non-hydrogen) atoms. The summed E-state index contributed by atoms with van der Waals surface area (Å²) in [5.74, 6) is 0.200. The van der Waals surface area contributed by atoms with Gasteiger partial charge in [-0.15, -0.1) is 0 Å². The first kappa shape index (κ1) is 27.1. The predicted molar refractivity (Wildman–Crippen MR) is 157 cm³/mol. The number of hydrogen-bond acceptors (Lipinski definition) is 5. The van der Waals surface area contributed by atoms with Crippen molar-refractivity contribution in [3.8, 4) is 11.3 Å². The molecule has 3 N–H and O–H groups in total. The van der Waals surface area contributed by atoms with Crippen LogP contribution in [0.25, 0.3) is 11.3 Å². The van der Waals surface area contributed by atoms with Crippen LogP contribution < -0.4 is 10.6 Å². The smallest absolute Gasteiger partial charge is 0.335 e. The molecule has 0 aliphatic carbocycles. The number of anilines is 1. The molecule has 4 aromatic rings. The van der Waals surface area contributed by atoms with Gasteiger partial charge in [0.05, 0.1) is 17.3 Å². The highest BCUT2D eigenvalue weighted by Crippen LogP contribution is 2.41. The molecule has 1 aliphatic rings. The van der Waals surface area contributed by atoms with E-state index in [1.807, 2.05) is 74.2 Å². The third kappa shape index (κ3) is 5.60. The Bertz CT molecular complexity index is 1580. The molecule has 5 rings (SSSR count). The molecule has 0 saturated carbocycles. The van der Waals surface area contributed by atoms with E-state index in [-0.39, 0.29) is 30.0 Å². The zero-order valence-electron chi connectivity index (χ0n) is 22.5. The summed E-state index contributed by atoms with van der Waals surface area (Å²) in [6.07, 6.45) is 1.96. The van der Waals surface area contributed by atoms with E-state index in [0.717, 1.165) is 33.6 Å². The largest absolute Gasteiger partial charge is 0.478 e. The van der Waals surface area contributed by atoms with Crippen molar-refractivity contribution >= 4 is 34.9 Å². The Hall–Kier alpha value is -4.50. The van der Waals surface area contributed by atoms with Crippen LogP contribution in [0.4, 0.5) is 5.69 Å². The Labute approximate surface area is 238 Å². The molecule has 1 amide bonds. The molecule has 2 aromatic carbocycles. The first-order chi connectivity index (χ1) is 19.2. The summed E-state index contributed by atoms with van der Waals surface area (Å²) < 4.78 is 6.38. The monoisotopic (exact) mass is 554 g/mol. The van der Waals surface area contributed by atoms with Crippen molar-refractivity contribution in [1.29, 1.82) is 0 Å². The number of hydrogen-bond donors (Lipinski definition) is 3. The number of nitrogens with one attached hydrogen (secondary N) is 2. The average molecular weight is 555 g/mol. The summed E-state index contributed by atoms with van der Waals surface area (Å²) in [4.78, 5) is 30.9. The minimum atomic E-state index is -0.976. The second kappa shape index (κ2) is 11.3. The van der Waals surface area contributed by atoms with Gasteiger partial charge < -0.3 is 25.1 Å². The Kier molecular flexibility index (Phi) is 7.66. The normalized spacial score (nSPS) is 16.6. The molecule has 9 heteroatoms. The van der Waals surface area contributed by atoms with Crippen molar-refractivity contribution in [2.75, 3.05) is 11.9 Å². The molecule has 3 heterocycles. The number of furan rings is 1. The molecule has 2 atom stereocenters. The number of carboxylic acids is 1. The lowest BCUT2D eigenvalue weighted by Crippen LogP contribution is -2.32. The number of aryl methyl sites for hydroxylation is 3. The van der Waals surface area contributed by atoms with E-state index in [4.69, 9.17) is 16.6 Å². The second-order valence-electron chi connectivity index (χ2n) is 9.97. The number of carbonyl (C=O) groups is 2. The van der Waals surface area contributed by atoms with Gasteiger partial charge >= 0.3 is 5.97 Å². The first-order valence-electron chi connectivity index (χ1n) is 13.0. The third-order valence-corrected chi connectivity index (χ3v) is 7.45. The lowest BCUT2D eigenvalue weighted by atomic mass is 10.0. The molecule has 1 saturated heterocycles. The molecule has 2 aromatic heterocycles. The maximum atomic E-state index is 13.0. The summed E-state index contributed by atoms with van der Waals surface area (Å²) in [7, 11) is 0. The van der Waals surface area contributed by atoms with Crippen LogP contribution in [-0.2, 0) is 4.79 Å². The van der Waals surface area contributed by atoms with Gasteiger partial charge in [-0.05, 0) is 92.1 Å². The van der Waals surface area contributed by atoms with Crippen LogP contribution in [0.3, 0.4) is 0 Å². The van der Waals surface area contributed by atoms with Crippen molar-refractivity contribution < 1.29 is 19.1 Å². The number of carbonyl (C=O) groups excluding carboxylic acids is 1. The van der Waals surface area contributed by atoms with Crippen LogP contribution >= 0.6 is 12.2 Å². The molecule has 0 unspecified atom stereocenters. The van der Waals surface area contributed by atoms with Crippen molar-refractivity contribution in [2.45, 2.75) is 39.3 Å². The summed E-state index contributed by atoms with van der Waals surface area (Å²) in [6.45, 7) is 6.19. The van der Waals surface area contributed by atoms with Gasteiger partial charge in [-0.25, -0.2) is 4.79 Å². The van der Waals surface area contributed by atoms with Crippen LogP contribution in [0.2, 0.25) is 0 Å². The van der Waals surface area contributed by atoms with Crippen LogP contribution in [-0.4, -0.2) is 38.5 Å². The maximum Gasteiger partial charge on any atom is 0.335 e. The molecule has 8 nitrogen and oxygen atoms in total. The summed E-state index contributed by atoms with van der Waals surface area (Å²) >= 11 is 5.73.